The van der Waals surface area contributed by atoms with Crippen LogP contribution in [0.4, 0.5) is 26.3 Å². The minimum Gasteiger partial charge on any atom is -0.370 e. The molecule has 1 atom stereocenters. The maximum Gasteiger partial charge on any atom is 0.457 e. The number of aliphatic hydroxyl groups is 1. The second-order valence-electron chi connectivity index (χ2n) is 6.96. The number of benzene rings is 2. The Kier molecular flexibility index (Phi) is 5.38. The molecule has 0 spiro atoms. The first-order valence-electron chi connectivity index (χ1n) is 8.77. The SMILES string of the molecule is O=C(NCc1cc(C2CC2)ccc1F)[C@](O)(c1ccccc1)C(F)(F)C(F)(F)F. The monoisotopic (exact) mass is 417 g/mol. The summed E-state index contributed by atoms with van der Waals surface area (Å²) in [6.07, 6.45) is -4.39. The van der Waals surface area contributed by atoms with Crippen molar-refractivity contribution in [2.24, 2.45) is 0 Å². The maximum absolute atomic E-state index is 14.2. The molecule has 1 saturated carbocycles. The van der Waals surface area contributed by atoms with Gasteiger partial charge >= 0.3 is 12.1 Å². The molecule has 29 heavy (non-hydrogen) atoms. The van der Waals surface area contributed by atoms with Crippen LogP contribution in [0.5, 0.6) is 0 Å². The van der Waals surface area contributed by atoms with Gasteiger partial charge in [-0.25, -0.2) is 4.39 Å². The normalized spacial score (nSPS) is 16.9. The van der Waals surface area contributed by atoms with Crippen molar-refractivity contribution in [1.29, 1.82) is 0 Å². The fraction of sp³-hybridized carbons (Fsp3) is 0.350. The third kappa shape index (κ3) is 3.83. The smallest absolute Gasteiger partial charge is 0.370 e. The fourth-order valence-corrected chi connectivity index (χ4v) is 3.04. The van der Waals surface area contributed by atoms with Gasteiger partial charge in [-0.15, -0.1) is 0 Å². The van der Waals surface area contributed by atoms with Gasteiger partial charge in [0.05, 0.1) is 0 Å². The summed E-state index contributed by atoms with van der Waals surface area (Å²) >= 11 is 0. The average molecular weight is 417 g/mol. The fourth-order valence-electron chi connectivity index (χ4n) is 3.04. The Bertz CT molecular complexity index is 896. The van der Waals surface area contributed by atoms with Crippen molar-refractivity contribution in [2.75, 3.05) is 0 Å². The van der Waals surface area contributed by atoms with Crippen LogP contribution in [0.3, 0.4) is 0 Å². The number of hydrogen-bond donors (Lipinski definition) is 2. The summed E-state index contributed by atoms with van der Waals surface area (Å²) in [5, 5.41) is 12.2. The highest BCUT2D eigenvalue weighted by Gasteiger charge is 2.73. The third-order valence-corrected chi connectivity index (χ3v) is 4.89. The first-order chi connectivity index (χ1) is 13.5. The zero-order valence-electron chi connectivity index (χ0n) is 14.9. The van der Waals surface area contributed by atoms with Crippen LogP contribution in [0.2, 0.25) is 0 Å². The number of carbonyl (C=O) groups is 1. The second-order valence-corrected chi connectivity index (χ2v) is 6.96. The highest BCUT2D eigenvalue weighted by molar-refractivity contribution is 5.87. The first kappa shape index (κ1) is 21.2. The van der Waals surface area contributed by atoms with Gasteiger partial charge in [-0.2, -0.15) is 22.0 Å². The molecule has 2 aromatic carbocycles. The average Bonchev–Trinajstić information content (AvgIpc) is 3.51. The lowest BCUT2D eigenvalue weighted by Crippen LogP contribution is -2.62. The molecule has 0 unspecified atom stereocenters. The molecule has 2 N–H and O–H groups in total. The number of amides is 1. The highest BCUT2D eigenvalue weighted by atomic mass is 19.4. The van der Waals surface area contributed by atoms with Crippen LogP contribution in [0.1, 0.15) is 35.4 Å². The van der Waals surface area contributed by atoms with E-state index in [9.17, 15) is 36.2 Å². The predicted octanol–water partition coefficient (Wildman–Crippen LogP) is 4.40. The molecule has 1 aliphatic carbocycles. The van der Waals surface area contributed by atoms with E-state index in [1.165, 1.54) is 12.1 Å². The molecule has 0 radical (unpaired) electrons. The molecule has 3 nitrogen and oxygen atoms in total. The van der Waals surface area contributed by atoms with E-state index in [2.05, 4.69) is 0 Å². The maximum atomic E-state index is 14.2. The molecule has 2 aromatic rings. The van der Waals surface area contributed by atoms with Gasteiger partial charge in [0.1, 0.15) is 5.82 Å². The summed E-state index contributed by atoms with van der Waals surface area (Å²) in [5.74, 6) is -8.29. The summed E-state index contributed by atoms with van der Waals surface area (Å²) in [7, 11) is 0. The Morgan fingerprint density at radius 1 is 1.03 bits per heavy atom. The standard InChI is InChI=1S/C20H17F6NO2/c21-16-9-8-13(12-6-7-12)10-14(16)11-27-17(28)18(29,15-4-2-1-3-5-15)19(22,23)20(24,25)26/h1-5,8-10,12,29H,6-7,11H2,(H,27,28)/t18-/m1/s1. The van der Waals surface area contributed by atoms with E-state index in [1.807, 2.05) is 5.32 Å². The topological polar surface area (TPSA) is 49.3 Å². The number of rotatable bonds is 6. The van der Waals surface area contributed by atoms with Crippen molar-refractivity contribution in [3.63, 3.8) is 0 Å². The van der Waals surface area contributed by atoms with Gasteiger partial charge in [-0.05, 0) is 36.0 Å². The van der Waals surface area contributed by atoms with Gasteiger partial charge in [0, 0.05) is 12.1 Å². The summed E-state index contributed by atoms with van der Waals surface area (Å²) in [6.45, 7) is -0.658. The van der Waals surface area contributed by atoms with Gasteiger partial charge in [0.25, 0.3) is 5.91 Å². The molecular formula is C20H17F6NO2. The van der Waals surface area contributed by atoms with Crippen molar-refractivity contribution in [3.05, 3.63) is 71.0 Å². The van der Waals surface area contributed by atoms with Crippen LogP contribution in [-0.4, -0.2) is 23.1 Å². The van der Waals surface area contributed by atoms with Gasteiger partial charge in [-0.3, -0.25) is 4.79 Å². The predicted molar refractivity (Wildman–Crippen MR) is 91.6 cm³/mol. The molecule has 1 aliphatic rings. The second kappa shape index (κ2) is 7.37. The molecule has 0 saturated heterocycles. The van der Waals surface area contributed by atoms with Crippen LogP contribution in [0, 0.1) is 5.82 Å². The Balaban J connectivity index is 1.91. The molecule has 0 aliphatic heterocycles. The quantitative estimate of drug-likeness (QED) is 0.685. The van der Waals surface area contributed by atoms with Crippen molar-refractivity contribution in [3.8, 4) is 0 Å². The Hall–Kier alpha value is -2.55. The number of hydrogen-bond acceptors (Lipinski definition) is 2. The highest BCUT2D eigenvalue weighted by Crippen LogP contribution is 2.48. The van der Waals surface area contributed by atoms with Gasteiger partial charge in [-0.1, -0.05) is 42.5 Å². The van der Waals surface area contributed by atoms with Crippen LogP contribution in [-0.2, 0) is 16.9 Å². The first-order valence-corrected chi connectivity index (χ1v) is 8.77. The van der Waals surface area contributed by atoms with E-state index in [0.717, 1.165) is 48.7 Å². The van der Waals surface area contributed by atoms with E-state index >= 15 is 0 Å². The minimum absolute atomic E-state index is 0.0755. The van der Waals surface area contributed by atoms with Crippen molar-refractivity contribution in [1.82, 2.24) is 5.32 Å². The number of halogens is 6. The lowest BCUT2D eigenvalue weighted by molar-refractivity contribution is -0.337. The molecule has 9 heteroatoms. The van der Waals surface area contributed by atoms with Crippen LogP contribution < -0.4 is 5.32 Å². The van der Waals surface area contributed by atoms with Crippen LogP contribution >= 0.6 is 0 Å². The molecule has 3 rings (SSSR count). The molecular weight excluding hydrogens is 400 g/mol. The zero-order chi connectivity index (χ0) is 21.4. The van der Waals surface area contributed by atoms with E-state index in [-0.39, 0.29) is 11.5 Å². The van der Waals surface area contributed by atoms with Gasteiger partial charge in [0.15, 0.2) is 0 Å². The van der Waals surface area contributed by atoms with Gasteiger partial charge < -0.3 is 10.4 Å². The van der Waals surface area contributed by atoms with E-state index < -0.39 is 41.5 Å². The van der Waals surface area contributed by atoms with E-state index in [1.54, 1.807) is 6.07 Å². The summed E-state index contributed by atoms with van der Waals surface area (Å²) in [5.41, 5.74) is -4.45. The summed E-state index contributed by atoms with van der Waals surface area (Å²) < 4.78 is 81.4. The lowest BCUT2D eigenvalue weighted by Gasteiger charge is -2.35. The number of carbonyl (C=O) groups excluding carboxylic acids is 1. The van der Waals surface area contributed by atoms with Crippen molar-refractivity contribution >= 4 is 5.91 Å². The van der Waals surface area contributed by atoms with Crippen molar-refractivity contribution in [2.45, 2.75) is 43.0 Å². The minimum atomic E-state index is -6.20. The van der Waals surface area contributed by atoms with E-state index in [4.69, 9.17) is 0 Å². The molecule has 0 heterocycles. The molecule has 156 valence electrons. The van der Waals surface area contributed by atoms with Crippen molar-refractivity contribution < 1.29 is 36.2 Å². The van der Waals surface area contributed by atoms with Gasteiger partial charge in [0.2, 0.25) is 5.60 Å². The van der Waals surface area contributed by atoms with Crippen LogP contribution in [0.25, 0.3) is 0 Å². The Labute approximate surface area is 162 Å². The molecule has 0 aromatic heterocycles. The molecule has 0 bridgehead atoms. The summed E-state index contributed by atoms with van der Waals surface area (Å²) in [6, 6.07) is 9.24. The zero-order valence-corrected chi connectivity index (χ0v) is 14.9. The third-order valence-electron chi connectivity index (χ3n) is 4.89. The Morgan fingerprint density at radius 3 is 2.21 bits per heavy atom. The number of alkyl halides is 5. The molecule has 1 fully saturated rings. The lowest BCUT2D eigenvalue weighted by atomic mass is 9.85. The molecule has 1 amide bonds. The number of nitrogens with one attached hydrogen (secondary N) is 1. The van der Waals surface area contributed by atoms with E-state index in [0.29, 0.717) is 0 Å². The largest absolute Gasteiger partial charge is 0.457 e. The Morgan fingerprint density at radius 2 is 1.66 bits per heavy atom. The van der Waals surface area contributed by atoms with Crippen LogP contribution in [0.15, 0.2) is 48.5 Å². The summed E-state index contributed by atoms with van der Waals surface area (Å²) in [4.78, 5) is 12.4.